The van der Waals surface area contributed by atoms with Gasteiger partial charge in [-0.1, -0.05) is 19.1 Å². The van der Waals surface area contributed by atoms with E-state index in [4.69, 9.17) is 5.73 Å². The van der Waals surface area contributed by atoms with E-state index in [1.165, 1.54) is 10.1 Å². The van der Waals surface area contributed by atoms with Gasteiger partial charge in [0.05, 0.1) is 17.4 Å². The van der Waals surface area contributed by atoms with E-state index in [-0.39, 0.29) is 6.04 Å². The summed E-state index contributed by atoms with van der Waals surface area (Å²) < 4.78 is 3.21. The van der Waals surface area contributed by atoms with Crippen molar-refractivity contribution >= 4 is 21.4 Å². The Hall–Kier alpha value is -1.72. The Morgan fingerprint density at radius 1 is 1.30 bits per heavy atom. The van der Waals surface area contributed by atoms with Gasteiger partial charge in [-0.25, -0.2) is 4.68 Å². The van der Waals surface area contributed by atoms with Gasteiger partial charge in [0, 0.05) is 4.70 Å². The molecule has 2 heterocycles. The van der Waals surface area contributed by atoms with Gasteiger partial charge in [0.2, 0.25) is 0 Å². The van der Waals surface area contributed by atoms with Crippen LogP contribution in [-0.2, 0) is 6.42 Å². The van der Waals surface area contributed by atoms with Crippen molar-refractivity contribution in [2.45, 2.75) is 32.7 Å². The van der Waals surface area contributed by atoms with Crippen LogP contribution in [0.2, 0.25) is 0 Å². The molecule has 0 radical (unpaired) electrons. The molecule has 0 amide bonds. The van der Waals surface area contributed by atoms with Crippen LogP contribution in [0, 0.1) is 0 Å². The lowest BCUT2D eigenvalue weighted by atomic mass is 10.1. The Labute approximate surface area is 122 Å². The van der Waals surface area contributed by atoms with Crippen molar-refractivity contribution < 1.29 is 0 Å². The van der Waals surface area contributed by atoms with Gasteiger partial charge < -0.3 is 5.73 Å². The Morgan fingerprint density at radius 3 is 2.90 bits per heavy atom. The summed E-state index contributed by atoms with van der Waals surface area (Å²) in [6.45, 7) is 4.19. The van der Waals surface area contributed by atoms with Crippen molar-refractivity contribution in [1.29, 1.82) is 0 Å². The molecule has 1 unspecified atom stereocenters. The molecule has 5 heteroatoms. The molecular weight excluding hydrogens is 268 g/mol. The summed E-state index contributed by atoms with van der Waals surface area (Å²) in [7, 11) is 0. The molecule has 0 saturated carbocycles. The van der Waals surface area contributed by atoms with Crippen molar-refractivity contribution in [2.24, 2.45) is 5.73 Å². The van der Waals surface area contributed by atoms with Gasteiger partial charge in [-0.2, -0.15) is 0 Å². The van der Waals surface area contributed by atoms with Crippen LogP contribution in [0.25, 0.3) is 15.8 Å². The van der Waals surface area contributed by atoms with Crippen LogP contribution in [0.1, 0.15) is 37.7 Å². The first-order valence-electron chi connectivity index (χ1n) is 6.92. The monoisotopic (exact) mass is 286 g/mol. The minimum absolute atomic E-state index is 0.0384. The SMILES string of the molecule is CCc1c(C(N)CC)nnn1-c1ccc2sccc2c1. The Morgan fingerprint density at radius 2 is 2.15 bits per heavy atom. The molecular formula is C15H18N4S. The van der Waals surface area contributed by atoms with Crippen LogP contribution in [-0.4, -0.2) is 15.0 Å². The normalized spacial score (nSPS) is 12.9. The van der Waals surface area contributed by atoms with Crippen molar-refractivity contribution in [1.82, 2.24) is 15.0 Å². The molecule has 1 atom stereocenters. The highest BCUT2D eigenvalue weighted by molar-refractivity contribution is 7.17. The maximum Gasteiger partial charge on any atom is 0.103 e. The molecule has 0 aliphatic rings. The third-order valence-electron chi connectivity index (χ3n) is 3.60. The van der Waals surface area contributed by atoms with Crippen molar-refractivity contribution in [3.05, 3.63) is 41.0 Å². The predicted molar refractivity (Wildman–Crippen MR) is 83.3 cm³/mol. The number of hydrogen-bond acceptors (Lipinski definition) is 4. The average Bonchev–Trinajstić information content (AvgIpc) is 3.11. The smallest absolute Gasteiger partial charge is 0.103 e. The molecule has 0 fully saturated rings. The fourth-order valence-electron chi connectivity index (χ4n) is 2.42. The molecule has 0 aliphatic carbocycles. The van der Waals surface area contributed by atoms with Crippen LogP contribution in [0.4, 0.5) is 0 Å². The average molecular weight is 286 g/mol. The van der Waals surface area contributed by atoms with E-state index in [9.17, 15) is 0 Å². The van der Waals surface area contributed by atoms with Gasteiger partial charge in [-0.15, -0.1) is 16.4 Å². The van der Waals surface area contributed by atoms with Gasteiger partial charge in [0.1, 0.15) is 5.69 Å². The van der Waals surface area contributed by atoms with E-state index in [0.29, 0.717) is 0 Å². The summed E-state index contributed by atoms with van der Waals surface area (Å²) in [4.78, 5) is 0. The highest BCUT2D eigenvalue weighted by atomic mass is 32.1. The van der Waals surface area contributed by atoms with Crippen molar-refractivity contribution in [3.63, 3.8) is 0 Å². The first-order valence-corrected chi connectivity index (χ1v) is 7.80. The van der Waals surface area contributed by atoms with Crippen molar-refractivity contribution in [3.8, 4) is 5.69 Å². The number of fused-ring (bicyclic) bond motifs is 1. The second-order valence-corrected chi connectivity index (χ2v) is 5.79. The van der Waals surface area contributed by atoms with Gasteiger partial charge in [0.15, 0.2) is 0 Å². The molecule has 1 aromatic carbocycles. The highest BCUT2D eigenvalue weighted by Gasteiger charge is 2.17. The molecule has 0 bridgehead atoms. The van der Waals surface area contributed by atoms with Crippen LogP contribution >= 0.6 is 11.3 Å². The third kappa shape index (κ3) is 2.13. The van der Waals surface area contributed by atoms with Gasteiger partial charge >= 0.3 is 0 Å². The van der Waals surface area contributed by atoms with E-state index >= 15 is 0 Å². The predicted octanol–water partition coefficient (Wildman–Crippen LogP) is 3.45. The lowest BCUT2D eigenvalue weighted by Gasteiger charge is -2.09. The van der Waals surface area contributed by atoms with E-state index in [1.54, 1.807) is 11.3 Å². The molecule has 3 aromatic rings. The summed E-state index contributed by atoms with van der Waals surface area (Å²) in [5.41, 5.74) is 9.20. The van der Waals surface area contributed by atoms with Gasteiger partial charge in [-0.3, -0.25) is 0 Å². The molecule has 3 rings (SSSR count). The first kappa shape index (κ1) is 13.3. The number of benzene rings is 1. The zero-order chi connectivity index (χ0) is 14.1. The minimum Gasteiger partial charge on any atom is -0.323 e. The fourth-order valence-corrected chi connectivity index (χ4v) is 3.19. The van der Waals surface area contributed by atoms with Crippen LogP contribution in [0.3, 0.4) is 0 Å². The first-order chi connectivity index (χ1) is 9.74. The molecule has 0 spiro atoms. The highest BCUT2D eigenvalue weighted by Crippen LogP contribution is 2.25. The quantitative estimate of drug-likeness (QED) is 0.799. The van der Waals surface area contributed by atoms with E-state index in [2.05, 4.69) is 53.8 Å². The zero-order valence-electron chi connectivity index (χ0n) is 11.7. The Balaban J connectivity index is 2.11. The van der Waals surface area contributed by atoms with Gasteiger partial charge in [0.25, 0.3) is 0 Å². The molecule has 0 aliphatic heterocycles. The standard InChI is InChI=1S/C15H18N4S/c1-3-12(16)15-13(4-2)19(18-17-15)11-5-6-14-10(9-11)7-8-20-14/h5-9,12H,3-4,16H2,1-2H3. The van der Waals surface area contributed by atoms with Crippen molar-refractivity contribution in [2.75, 3.05) is 0 Å². The second kappa shape index (κ2) is 5.34. The van der Waals surface area contributed by atoms with E-state index in [1.807, 2.05) is 4.68 Å². The maximum absolute atomic E-state index is 6.12. The molecule has 2 aromatic heterocycles. The van der Waals surface area contributed by atoms with E-state index in [0.717, 1.165) is 29.9 Å². The third-order valence-corrected chi connectivity index (χ3v) is 4.50. The summed E-state index contributed by atoms with van der Waals surface area (Å²) >= 11 is 1.75. The molecule has 104 valence electrons. The van der Waals surface area contributed by atoms with Crippen LogP contribution in [0.15, 0.2) is 29.6 Å². The lowest BCUT2D eigenvalue weighted by Crippen LogP contribution is -2.12. The molecule has 20 heavy (non-hydrogen) atoms. The topological polar surface area (TPSA) is 56.7 Å². The Bertz CT molecular complexity index is 728. The summed E-state index contributed by atoms with van der Waals surface area (Å²) in [5.74, 6) is 0. The Kier molecular flexibility index (Phi) is 3.54. The number of thiophene rings is 1. The minimum atomic E-state index is -0.0384. The number of hydrogen-bond donors (Lipinski definition) is 1. The largest absolute Gasteiger partial charge is 0.323 e. The summed E-state index contributed by atoms with van der Waals surface area (Å²) in [6.07, 6.45) is 1.74. The zero-order valence-corrected chi connectivity index (χ0v) is 12.5. The number of nitrogens with zero attached hydrogens (tertiary/aromatic N) is 3. The second-order valence-electron chi connectivity index (χ2n) is 4.84. The fraction of sp³-hybridized carbons (Fsp3) is 0.333. The number of nitrogens with two attached hydrogens (primary N) is 1. The molecule has 4 nitrogen and oxygen atoms in total. The summed E-state index contributed by atoms with van der Waals surface area (Å²) in [5, 5.41) is 11.9. The lowest BCUT2D eigenvalue weighted by molar-refractivity contribution is 0.665. The molecule has 2 N–H and O–H groups in total. The van der Waals surface area contributed by atoms with E-state index < -0.39 is 0 Å². The van der Waals surface area contributed by atoms with Crippen LogP contribution in [0.5, 0.6) is 0 Å². The summed E-state index contributed by atoms with van der Waals surface area (Å²) in [6, 6.07) is 8.47. The number of aromatic nitrogens is 3. The number of rotatable bonds is 4. The molecule has 0 saturated heterocycles. The van der Waals surface area contributed by atoms with Crippen LogP contribution < -0.4 is 5.73 Å². The maximum atomic E-state index is 6.12. The van der Waals surface area contributed by atoms with Gasteiger partial charge in [-0.05, 0) is 47.9 Å².